The Morgan fingerprint density at radius 3 is 2.80 bits per heavy atom. The fraction of sp³-hybridized carbons (Fsp3) is 0.143. The van der Waals surface area contributed by atoms with Crippen molar-refractivity contribution in [3.63, 3.8) is 0 Å². The van der Waals surface area contributed by atoms with Crippen molar-refractivity contribution < 1.29 is 13.6 Å². The number of amides is 1. The minimum Gasteiger partial charge on any atom is -0.323 e. The average molecular weight is 294 g/mol. The van der Waals surface area contributed by atoms with E-state index in [9.17, 15) is 13.6 Å². The maximum Gasteiger partial charge on any atom is 0.234 e. The molecule has 0 fully saturated rings. The zero-order chi connectivity index (χ0) is 14.5. The number of hydrogen-bond donors (Lipinski definition) is 1. The third-order valence-corrected chi connectivity index (χ3v) is 3.38. The Kier molecular flexibility index (Phi) is 4.68. The molecule has 0 saturated heterocycles. The second kappa shape index (κ2) is 6.47. The zero-order valence-corrected chi connectivity index (χ0v) is 11.5. The summed E-state index contributed by atoms with van der Waals surface area (Å²) in [5.74, 6) is -1.61. The highest BCUT2D eigenvalue weighted by molar-refractivity contribution is 7.99. The molecule has 1 amide bonds. The number of anilines is 1. The molecule has 1 aromatic heterocycles. The number of thioether (sulfide) groups is 1. The van der Waals surface area contributed by atoms with Crippen molar-refractivity contribution >= 4 is 23.4 Å². The second-order valence-electron chi connectivity index (χ2n) is 4.13. The summed E-state index contributed by atoms with van der Waals surface area (Å²) in [5, 5.41) is 3.03. The third kappa shape index (κ3) is 4.03. The molecule has 0 unspecified atom stereocenters. The van der Waals surface area contributed by atoms with E-state index >= 15 is 0 Å². The van der Waals surface area contributed by atoms with Gasteiger partial charge in [-0.2, -0.15) is 0 Å². The van der Waals surface area contributed by atoms with Gasteiger partial charge in [-0.3, -0.25) is 4.79 Å². The van der Waals surface area contributed by atoms with Crippen LogP contribution in [0, 0.1) is 18.6 Å². The van der Waals surface area contributed by atoms with Gasteiger partial charge in [0.1, 0.15) is 11.6 Å². The topological polar surface area (TPSA) is 42.0 Å². The van der Waals surface area contributed by atoms with Crippen LogP contribution in [0.15, 0.2) is 41.6 Å². The van der Waals surface area contributed by atoms with Gasteiger partial charge in [0, 0.05) is 12.3 Å². The Labute approximate surface area is 119 Å². The van der Waals surface area contributed by atoms with Gasteiger partial charge in [0.2, 0.25) is 5.91 Å². The van der Waals surface area contributed by atoms with Crippen LogP contribution in [0.2, 0.25) is 0 Å². The lowest BCUT2D eigenvalue weighted by Gasteiger charge is -2.06. The van der Waals surface area contributed by atoms with Gasteiger partial charge < -0.3 is 5.32 Å². The standard InChI is InChI=1S/C14H12F2N2OS/c1-9-2-5-14(17-7-9)20-8-13(19)18-12-6-10(15)3-4-11(12)16/h2-7H,8H2,1H3,(H,18,19). The molecule has 1 aromatic carbocycles. The summed E-state index contributed by atoms with van der Waals surface area (Å²) in [6.07, 6.45) is 1.70. The zero-order valence-electron chi connectivity index (χ0n) is 10.7. The van der Waals surface area contributed by atoms with Crippen molar-refractivity contribution in [1.29, 1.82) is 0 Å². The van der Waals surface area contributed by atoms with E-state index in [0.29, 0.717) is 5.03 Å². The normalized spacial score (nSPS) is 10.3. The molecule has 0 saturated carbocycles. The molecule has 2 rings (SSSR count). The van der Waals surface area contributed by atoms with Crippen molar-refractivity contribution in [3.8, 4) is 0 Å². The molecule has 0 aliphatic rings. The van der Waals surface area contributed by atoms with Crippen LogP contribution in [0.1, 0.15) is 5.56 Å². The SMILES string of the molecule is Cc1ccc(SCC(=O)Nc2cc(F)ccc2F)nc1. The number of aryl methyl sites for hydroxylation is 1. The van der Waals surface area contributed by atoms with Crippen LogP contribution < -0.4 is 5.32 Å². The highest BCUT2D eigenvalue weighted by Crippen LogP contribution is 2.18. The van der Waals surface area contributed by atoms with Gasteiger partial charge in [-0.05, 0) is 30.7 Å². The average Bonchev–Trinajstić information content (AvgIpc) is 2.42. The van der Waals surface area contributed by atoms with Gasteiger partial charge in [-0.25, -0.2) is 13.8 Å². The first-order chi connectivity index (χ1) is 9.54. The number of aromatic nitrogens is 1. The van der Waals surface area contributed by atoms with Crippen molar-refractivity contribution in [2.24, 2.45) is 0 Å². The number of halogens is 2. The first-order valence-electron chi connectivity index (χ1n) is 5.85. The lowest BCUT2D eigenvalue weighted by atomic mass is 10.3. The van der Waals surface area contributed by atoms with Crippen LogP contribution in [-0.4, -0.2) is 16.6 Å². The van der Waals surface area contributed by atoms with E-state index in [4.69, 9.17) is 0 Å². The summed E-state index contributed by atoms with van der Waals surface area (Å²) in [6, 6.07) is 6.60. The quantitative estimate of drug-likeness (QED) is 0.879. The maximum atomic E-state index is 13.3. The van der Waals surface area contributed by atoms with Crippen LogP contribution in [0.25, 0.3) is 0 Å². The first kappa shape index (κ1) is 14.5. The number of nitrogens with one attached hydrogen (secondary N) is 1. The summed E-state index contributed by atoms with van der Waals surface area (Å²) in [4.78, 5) is 15.8. The molecule has 0 aliphatic carbocycles. The Morgan fingerprint density at radius 2 is 2.10 bits per heavy atom. The number of carbonyl (C=O) groups excluding carboxylic acids is 1. The van der Waals surface area contributed by atoms with Crippen LogP contribution in [0.4, 0.5) is 14.5 Å². The summed E-state index contributed by atoms with van der Waals surface area (Å²) < 4.78 is 26.3. The maximum absolute atomic E-state index is 13.3. The number of carbonyl (C=O) groups is 1. The molecule has 2 aromatic rings. The van der Waals surface area contributed by atoms with Crippen LogP contribution in [0.3, 0.4) is 0 Å². The van der Waals surface area contributed by atoms with E-state index in [1.165, 1.54) is 11.8 Å². The van der Waals surface area contributed by atoms with Gasteiger partial charge in [0.25, 0.3) is 0 Å². The smallest absolute Gasteiger partial charge is 0.234 e. The Morgan fingerprint density at radius 1 is 1.30 bits per heavy atom. The van der Waals surface area contributed by atoms with E-state index in [2.05, 4.69) is 10.3 Å². The summed E-state index contributed by atoms with van der Waals surface area (Å²) in [6.45, 7) is 1.92. The predicted octanol–water partition coefficient (Wildman–Crippen LogP) is 3.40. The Balaban J connectivity index is 1.92. The van der Waals surface area contributed by atoms with Crippen molar-refractivity contribution in [1.82, 2.24) is 4.98 Å². The number of pyridine rings is 1. The third-order valence-electron chi connectivity index (χ3n) is 2.44. The van der Waals surface area contributed by atoms with E-state index in [1.807, 2.05) is 13.0 Å². The molecule has 6 heteroatoms. The predicted molar refractivity (Wildman–Crippen MR) is 74.7 cm³/mol. The van der Waals surface area contributed by atoms with Crippen molar-refractivity contribution in [2.45, 2.75) is 11.9 Å². The Bertz CT molecular complexity index is 617. The highest BCUT2D eigenvalue weighted by atomic mass is 32.2. The van der Waals surface area contributed by atoms with E-state index in [1.54, 1.807) is 12.3 Å². The van der Waals surface area contributed by atoms with Gasteiger partial charge >= 0.3 is 0 Å². The molecule has 0 bridgehead atoms. The van der Waals surface area contributed by atoms with E-state index < -0.39 is 17.5 Å². The van der Waals surface area contributed by atoms with Gasteiger partial charge in [0.05, 0.1) is 16.5 Å². The van der Waals surface area contributed by atoms with Gasteiger partial charge in [-0.1, -0.05) is 17.8 Å². The first-order valence-corrected chi connectivity index (χ1v) is 6.83. The molecular formula is C14H12F2N2OS. The largest absolute Gasteiger partial charge is 0.323 e. The summed E-state index contributed by atoms with van der Waals surface area (Å²) in [7, 11) is 0. The molecule has 1 heterocycles. The molecule has 0 radical (unpaired) electrons. The molecule has 0 aliphatic heterocycles. The minimum atomic E-state index is -0.668. The lowest BCUT2D eigenvalue weighted by Crippen LogP contribution is -2.15. The molecular weight excluding hydrogens is 282 g/mol. The fourth-order valence-electron chi connectivity index (χ4n) is 1.46. The number of hydrogen-bond acceptors (Lipinski definition) is 3. The van der Waals surface area contributed by atoms with Crippen LogP contribution in [0.5, 0.6) is 0 Å². The molecule has 20 heavy (non-hydrogen) atoms. The minimum absolute atomic E-state index is 0.0754. The van der Waals surface area contributed by atoms with Gasteiger partial charge in [0.15, 0.2) is 0 Å². The van der Waals surface area contributed by atoms with E-state index in [0.717, 1.165) is 23.8 Å². The number of benzene rings is 1. The van der Waals surface area contributed by atoms with Crippen molar-refractivity contribution in [3.05, 3.63) is 53.7 Å². The number of rotatable bonds is 4. The second-order valence-corrected chi connectivity index (χ2v) is 5.13. The molecule has 3 nitrogen and oxygen atoms in total. The summed E-state index contributed by atoms with van der Waals surface area (Å²) >= 11 is 1.23. The molecule has 104 valence electrons. The van der Waals surface area contributed by atoms with Crippen LogP contribution in [-0.2, 0) is 4.79 Å². The number of nitrogens with zero attached hydrogens (tertiary/aromatic N) is 1. The lowest BCUT2D eigenvalue weighted by molar-refractivity contribution is -0.113. The molecule has 0 spiro atoms. The van der Waals surface area contributed by atoms with Gasteiger partial charge in [-0.15, -0.1) is 0 Å². The fourth-order valence-corrected chi connectivity index (χ4v) is 2.10. The summed E-state index contributed by atoms with van der Waals surface area (Å²) in [5.41, 5.74) is 0.869. The molecule has 0 atom stereocenters. The van der Waals surface area contributed by atoms with Crippen molar-refractivity contribution in [2.75, 3.05) is 11.1 Å². The molecule has 1 N–H and O–H groups in total. The monoisotopic (exact) mass is 294 g/mol. The van der Waals surface area contributed by atoms with E-state index in [-0.39, 0.29) is 11.4 Å². The van der Waals surface area contributed by atoms with Crippen LogP contribution >= 0.6 is 11.8 Å². The highest BCUT2D eigenvalue weighted by Gasteiger charge is 2.09. The Hall–Kier alpha value is -1.95.